The molecule has 6 heteroatoms. The fraction of sp³-hybridized carbons (Fsp3) is 0.385. The van der Waals surface area contributed by atoms with Crippen LogP contribution in [-0.2, 0) is 9.59 Å². The zero-order valence-corrected chi connectivity index (χ0v) is 10.2. The first-order valence-electron chi connectivity index (χ1n) is 5.87. The van der Waals surface area contributed by atoms with E-state index in [0.717, 1.165) is 12.1 Å². The monoisotopic (exact) mass is 271 g/mol. The first-order chi connectivity index (χ1) is 8.90. The number of amides is 1. The Bertz CT molecular complexity index is 457. The number of carboxylic acids is 1. The lowest BCUT2D eigenvalue weighted by atomic mass is 9.92. The van der Waals surface area contributed by atoms with Gasteiger partial charge in [-0.3, -0.25) is 9.59 Å². The van der Waals surface area contributed by atoms with Gasteiger partial charge in [-0.25, -0.2) is 8.78 Å². The van der Waals surface area contributed by atoms with E-state index in [0.29, 0.717) is 18.9 Å². The van der Waals surface area contributed by atoms with Crippen LogP contribution in [0.5, 0.6) is 0 Å². The van der Waals surface area contributed by atoms with Crippen LogP contribution >= 0.6 is 0 Å². The molecule has 0 fully saturated rings. The van der Waals surface area contributed by atoms with Crippen molar-refractivity contribution in [3.8, 4) is 0 Å². The molecule has 0 radical (unpaired) electrons. The number of primary amides is 1. The van der Waals surface area contributed by atoms with E-state index in [1.807, 2.05) is 0 Å². The van der Waals surface area contributed by atoms with E-state index in [-0.39, 0.29) is 18.4 Å². The minimum Gasteiger partial charge on any atom is -0.481 e. The van der Waals surface area contributed by atoms with Crippen LogP contribution in [0.25, 0.3) is 0 Å². The first-order valence-corrected chi connectivity index (χ1v) is 5.87. The Hall–Kier alpha value is -1.98. The van der Waals surface area contributed by atoms with Crippen LogP contribution in [-0.4, -0.2) is 17.0 Å². The molecule has 1 atom stereocenters. The van der Waals surface area contributed by atoms with Crippen LogP contribution in [0.4, 0.5) is 8.78 Å². The molecule has 0 aromatic heterocycles. The molecule has 0 unspecified atom stereocenters. The van der Waals surface area contributed by atoms with Gasteiger partial charge in [0.05, 0.1) is 5.92 Å². The van der Waals surface area contributed by atoms with Crippen LogP contribution in [0.3, 0.4) is 0 Å². The van der Waals surface area contributed by atoms with Crippen molar-refractivity contribution in [3.63, 3.8) is 0 Å². The van der Waals surface area contributed by atoms with E-state index in [1.54, 1.807) is 0 Å². The highest BCUT2D eigenvalue weighted by Gasteiger charge is 2.19. The number of carbonyl (C=O) groups excluding carboxylic acids is 1. The fourth-order valence-corrected chi connectivity index (χ4v) is 1.87. The number of carbonyl (C=O) groups is 2. The summed E-state index contributed by atoms with van der Waals surface area (Å²) < 4.78 is 26.2. The molecular formula is C13H15F2NO3. The van der Waals surface area contributed by atoms with Gasteiger partial charge in [0.15, 0.2) is 0 Å². The predicted molar refractivity (Wildman–Crippen MR) is 64.4 cm³/mol. The average molecular weight is 271 g/mol. The molecular weight excluding hydrogens is 256 g/mol. The smallest absolute Gasteiger partial charge is 0.303 e. The normalized spacial score (nSPS) is 12.1. The molecule has 1 rings (SSSR count). The lowest BCUT2D eigenvalue weighted by molar-refractivity contribution is -0.137. The van der Waals surface area contributed by atoms with Crippen LogP contribution in [0.1, 0.15) is 37.2 Å². The first kappa shape index (κ1) is 15.1. The Morgan fingerprint density at radius 1 is 1.16 bits per heavy atom. The summed E-state index contributed by atoms with van der Waals surface area (Å²) in [6.45, 7) is 0. The Balaban J connectivity index is 2.71. The van der Waals surface area contributed by atoms with Gasteiger partial charge in [0, 0.05) is 12.5 Å². The van der Waals surface area contributed by atoms with E-state index < -0.39 is 29.4 Å². The van der Waals surface area contributed by atoms with Gasteiger partial charge in [0.2, 0.25) is 5.91 Å². The summed E-state index contributed by atoms with van der Waals surface area (Å²) in [5, 5.41) is 8.49. The summed E-state index contributed by atoms with van der Waals surface area (Å²) in [6.07, 6.45) is 1.09. The highest BCUT2D eigenvalue weighted by molar-refractivity contribution is 5.81. The summed E-state index contributed by atoms with van der Waals surface area (Å²) in [5.74, 6) is -3.95. The second-order valence-corrected chi connectivity index (χ2v) is 4.30. The Labute approximate surface area is 109 Å². The molecule has 1 aromatic carbocycles. The van der Waals surface area contributed by atoms with Crippen LogP contribution in [0.2, 0.25) is 0 Å². The molecule has 0 saturated carbocycles. The molecule has 4 nitrogen and oxygen atoms in total. The number of aliphatic carboxylic acids is 1. The summed E-state index contributed by atoms with van der Waals surface area (Å²) in [4.78, 5) is 21.7. The molecule has 0 aliphatic heterocycles. The third-order valence-corrected chi connectivity index (χ3v) is 2.76. The molecule has 1 amide bonds. The van der Waals surface area contributed by atoms with Crippen molar-refractivity contribution in [1.82, 2.24) is 0 Å². The molecule has 3 N–H and O–H groups in total. The topological polar surface area (TPSA) is 80.4 Å². The molecule has 0 bridgehead atoms. The lowest BCUT2D eigenvalue weighted by Gasteiger charge is -2.13. The Morgan fingerprint density at radius 2 is 1.74 bits per heavy atom. The van der Waals surface area contributed by atoms with Gasteiger partial charge >= 0.3 is 5.97 Å². The third-order valence-electron chi connectivity index (χ3n) is 2.76. The van der Waals surface area contributed by atoms with Crippen molar-refractivity contribution in [3.05, 3.63) is 35.4 Å². The maximum Gasteiger partial charge on any atom is 0.303 e. The van der Waals surface area contributed by atoms with Gasteiger partial charge < -0.3 is 10.8 Å². The fourth-order valence-electron chi connectivity index (χ4n) is 1.87. The van der Waals surface area contributed by atoms with Crippen LogP contribution in [0.15, 0.2) is 18.2 Å². The minimum atomic E-state index is -0.924. The quantitative estimate of drug-likeness (QED) is 0.746. The molecule has 0 aliphatic carbocycles. The van der Waals surface area contributed by atoms with E-state index >= 15 is 0 Å². The number of halogens is 2. The highest BCUT2D eigenvalue weighted by Crippen LogP contribution is 2.24. The van der Waals surface area contributed by atoms with Crippen molar-refractivity contribution >= 4 is 11.9 Å². The SMILES string of the molecule is NC(=O)[C@@H](CCCCC(=O)O)c1cc(F)cc(F)c1. The molecule has 1 aromatic rings. The molecule has 19 heavy (non-hydrogen) atoms. The van der Waals surface area contributed by atoms with Gasteiger partial charge in [-0.2, -0.15) is 0 Å². The molecule has 0 saturated heterocycles. The van der Waals surface area contributed by atoms with Gasteiger partial charge in [-0.05, 0) is 30.5 Å². The second-order valence-electron chi connectivity index (χ2n) is 4.30. The van der Waals surface area contributed by atoms with Gasteiger partial charge in [0.25, 0.3) is 0 Å². The Kier molecular flexibility index (Phi) is 5.41. The number of hydrogen-bond acceptors (Lipinski definition) is 2. The summed E-state index contributed by atoms with van der Waals surface area (Å²) in [6, 6.07) is 2.84. The highest BCUT2D eigenvalue weighted by atomic mass is 19.1. The van der Waals surface area contributed by atoms with Crippen LogP contribution < -0.4 is 5.73 Å². The van der Waals surface area contributed by atoms with E-state index in [9.17, 15) is 18.4 Å². The van der Waals surface area contributed by atoms with E-state index in [4.69, 9.17) is 10.8 Å². The number of rotatable bonds is 7. The largest absolute Gasteiger partial charge is 0.481 e. The van der Waals surface area contributed by atoms with Crippen molar-refractivity contribution in [2.24, 2.45) is 5.73 Å². The zero-order valence-electron chi connectivity index (χ0n) is 10.2. The number of hydrogen-bond donors (Lipinski definition) is 2. The number of nitrogens with two attached hydrogens (primary N) is 1. The van der Waals surface area contributed by atoms with Gasteiger partial charge in [-0.15, -0.1) is 0 Å². The zero-order chi connectivity index (χ0) is 14.4. The van der Waals surface area contributed by atoms with Crippen molar-refractivity contribution in [2.75, 3.05) is 0 Å². The molecule has 0 spiro atoms. The number of unbranched alkanes of at least 4 members (excludes halogenated alkanes) is 1. The summed E-state index contributed by atoms with van der Waals surface area (Å²) in [7, 11) is 0. The molecule has 0 heterocycles. The third kappa shape index (κ3) is 5.03. The number of benzene rings is 1. The van der Waals surface area contributed by atoms with Crippen LogP contribution in [0, 0.1) is 11.6 Å². The lowest BCUT2D eigenvalue weighted by Crippen LogP contribution is -2.21. The maximum atomic E-state index is 13.1. The predicted octanol–water partition coefficient (Wildman–Crippen LogP) is 2.18. The summed E-state index contributed by atoms with van der Waals surface area (Å²) >= 11 is 0. The standard InChI is InChI=1S/C13H15F2NO3/c14-9-5-8(6-10(15)7-9)11(13(16)19)3-1-2-4-12(17)18/h5-7,11H,1-4H2,(H2,16,19)(H,17,18)/t11-/m0/s1. The average Bonchev–Trinajstić information content (AvgIpc) is 2.26. The molecule has 104 valence electrons. The van der Waals surface area contributed by atoms with E-state index in [1.165, 1.54) is 0 Å². The summed E-state index contributed by atoms with van der Waals surface area (Å²) in [5.41, 5.74) is 5.39. The second kappa shape index (κ2) is 6.82. The van der Waals surface area contributed by atoms with Crippen molar-refractivity contribution in [1.29, 1.82) is 0 Å². The maximum absolute atomic E-state index is 13.1. The van der Waals surface area contributed by atoms with E-state index in [2.05, 4.69) is 0 Å². The van der Waals surface area contributed by atoms with Crippen molar-refractivity contribution < 1.29 is 23.5 Å². The Morgan fingerprint density at radius 3 is 2.21 bits per heavy atom. The minimum absolute atomic E-state index is 0.0109. The number of carboxylic acid groups (broad SMARTS) is 1. The van der Waals surface area contributed by atoms with Crippen molar-refractivity contribution in [2.45, 2.75) is 31.6 Å². The molecule has 0 aliphatic rings. The van der Waals surface area contributed by atoms with Gasteiger partial charge in [0.1, 0.15) is 11.6 Å². The van der Waals surface area contributed by atoms with Gasteiger partial charge in [-0.1, -0.05) is 6.42 Å².